The highest BCUT2D eigenvalue weighted by molar-refractivity contribution is 9.10. The number of hydrogen-bond donors (Lipinski definition) is 1. The Morgan fingerprint density at radius 2 is 2.28 bits per heavy atom. The van der Waals surface area contributed by atoms with Gasteiger partial charge in [-0.25, -0.2) is 14.1 Å². The van der Waals surface area contributed by atoms with Crippen molar-refractivity contribution in [1.29, 1.82) is 0 Å². The molecule has 18 heavy (non-hydrogen) atoms. The summed E-state index contributed by atoms with van der Waals surface area (Å²) in [5.74, 6) is 0.519. The summed E-state index contributed by atoms with van der Waals surface area (Å²) in [6, 6.07) is 4.92. The molecule has 0 fully saturated rings. The van der Waals surface area contributed by atoms with Crippen LogP contribution in [0, 0.1) is 5.82 Å². The van der Waals surface area contributed by atoms with Crippen LogP contribution >= 0.6 is 15.9 Å². The van der Waals surface area contributed by atoms with Crippen molar-refractivity contribution in [2.75, 3.05) is 5.32 Å². The lowest BCUT2D eigenvalue weighted by atomic mass is 10.3. The molecule has 0 unspecified atom stereocenters. The van der Waals surface area contributed by atoms with Crippen molar-refractivity contribution in [3.8, 4) is 0 Å². The molecule has 0 bridgehead atoms. The van der Waals surface area contributed by atoms with Crippen molar-refractivity contribution in [2.45, 2.75) is 26.4 Å². The molecular weight excluding hydrogens is 299 g/mol. The molecule has 0 atom stereocenters. The fourth-order valence-corrected chi connectivity index (χ4v) is 1.96. The summed E-state index contributed by atoms with van der Waals surface area (Å²) in [4.78, 5) is 4.15. The number of hydrogen-bond acceptors (Lipinski definition) is 3. The van der Waals surface area contributed by atoms with E-state index in [-0.39, 0.29) is 5.82 Å². The fraction of sp³-hybridized carbons (Fsp3) is 0.333. The molecule has 1 aromatic heterocycles. The van der Waals surface area contributed by atoms with E-state index in [0.29, 0.717) is 12.2 Å². The van der Waals surface area contributed by atoms with E-state index in [9.17, 15) is 4.39 Å². The zero-order valence-corrected chi connectivity index (χ0v) is 11.6. The molecule has 0 aliphatic carbocycles. The highest BCUT2D eigenvalue weighted by Crippen LogP contribution is 2.19. The maximum atomic E-state index is 13.6. The number of nitrogens with zero attached hydrogens (tertiary/aromatic N) is 3. The minimum Gasteiger partial charge on any atom is -0.375 e. The average molecular weight is 313 g/mol. The summed E-state index contributed by atoms with van der Waals surface area (Å²) in [6.07, 6.45) is 2.51. The lowest BCUT2D eigenvalue weighted by Crippen LogP contribution is -2.10. The maximum Gasteiger partial charge on any atom is 0.147 e. The van der Waals surface area contributed by atoms with E-state index >= 15 is 0 Å². The Morgan fingerprint density at radius 3 is 3.00 bits per heavy atom. The number of benzene rings is 1. The van der Waals surface area contributed by atoms with Crippen LogP contribution in [0.2, 0.25) is 0 Å². The van der Waals surface area contributed by atoms with Gasteiger partial charge in [-0.3, -0.25) is 0 Å². The monoisotopic (exact) mass is 312 g/mol. The van der Waals surface area contributed by atoms with Gasteiger partial charge in [-0.05, 0) is 24.6 Å². The summed E-state index contributed by atoms with van der Waals surface area (Å²) in [7, 11) is 0. The van der Waals surface area contributed by atoms with Crippen LogP contribution in [0.5, 0.6) is 0 Å². The third-order valence-corrected chi connectivity index (χ3v) is 2.99. The quantitative estimate of drug-likeness (QED) is 0.922. The molecule has 0 aliphatic rings. The second-order valence-corrected chi connectivity index (χ2v) is 4.79. The molecule has 1 aromatic carbocycles. The van der Waals surface area contributed by atoms with Gasteiger partial charge < -0.3 is 5.32 Å². The van der Waals surface area contributed by atoms with Crippen LogP contribution < -0.4 is 5.32 Å². The molecule has 1 N–H and O–H groups in total. The van der Waals surface area contributed by atoms with Crippen molar-refractivity contribution in [2.24, 2.45) is 0 Å². The van der Waals surface area contributed by atoms with Gasteiger partial charge in [0.05, 0.1) is 12.2 Å². The Labute approximate surface area is 113 Å². The standard InChI is InChI=1S/C12H14BrFN4/c1-2-5-18-12(16-8-17-18)7-15-11-4-3-9(13)6-10(11)14/h3-4,6,8,15H,2,5,7H2,1H3. The van der Waals surface area contributed by atoms with Gasteiger partial charge >= 0.3 is 0 Å². The number of nitrogens with one attached hydrogen (secondary N) is 1. The Hall–Kier alpha value is -1.43. The predicted octanol–water partition coefficient (Wildman–Crippen LogP) is 3.20. The molecule has 2 rings (SSSR count). The van der Waals surface area contributed by atoms with Crippen molar-refractivity contribution >= 4 is 21.6 Å². The third kappa shape index (κ3) is 3.07. The van der Waals surface area contributed by atoms with Crippen molar-refractivity contribution < 1.29 is 4.39 Å². The molecule has 0 spiro atoms. The molecular formula is C12H14BrFN4. The summed E-state index contributed by atoms with van der Waals surface area (Å²) < 4.78 is 16.1. The molecule has 0 radical (unpaired) electrons. The first kappa shape index (κ1) is 13.0. The van der Waals surface area contributed by atoms with E-state index in [4.69, 9.17) is 0 Å². The normalized spacial score (nSPS) is 10.6. The Bertz CT molecular complexity index is 527. The predicted molar refractivity (Wildman–Crippen MR) is 71.7 cm³/mol. The lowest BCUT2D eigenvalue weighted by molar-refractivity contribution is 0.572. The largest absolute Gasteiger partial charge is 0.375 e. The molecule has 0 saturated heterocycles. The van der Waals surface area contributed by atoms with Crippen LogP contribution in [0.25, 0.3) is 0 Å². The minimum absolute atomic E-state index is 0.286. The van der Waals surface area contributed by atoms with Gasteiger partial charge in [0.2, 0.25) is 0 Å². The summed E-state index contributed by atoms with van der Waals surface area (Å²) >= 11 is 3.22. The minimum atomic E-state index is -0.286. The van der Waals surface area contributed by atoms with Gasteiger partial charge in [0.25, 0.3) is 0 Å². The molecule has 1 heterocycles. The van der Waals surface area contributed by atoms with E-state index in [0.717, 1.165) is 23.3 Å². The number of rotatable bonds is 5. The first-order valence-corrected chi connectivity index (χ1v) is 6.55. The van der Waals surface area contributed by atoms with Crippen LogP contribution in [0.4, 0.5) is 10.1 Å². The summed E-state index contributed by atoms with van der Waals surface area (Å²) in [6.45, 7) is 3.35. The molecule has 0 amide bonds. The number of aromatic nitrogens is 3. The molecule has 96 valence electrons. The van der Waals surface area contributed by atoms with Gasteiger partial charge in [0, 0.05) is 11.0 Å². The topological polar surface area (TPSA) is 42.7 Å². The Balaban J connectivity index is 2.04. The highest BCUT2D eigenvalue weighted by atomic mass is 79.9. The van der Waals surface area contributed by atoms with Gasteiger partial charge in [-0.1, -0.05) is 22.9 Å². The van der Waals surface area contributed by atoms with E-state index in [1.165, 1.54) is 12.4 Å². The van der Waals surface area contributed by atoms with Gasteiger partial charge in [-0.15, -0.1) is 0 Å². The summed E-state index contributed by atoms with van der Waals surface area (Å²) in [5.41, 5.74) is 0.462. The van der Waals surface area contributed by atoms with Crippen LogP contribution in [0.15, 0.2) is 29.0 Å². The first-order valence-electron chi connectivity index (χ1n) is 5.76. The number of anilines is 1. The maximum absolute atomic E-state index is 13.6. The van der Waals surface area contributed by atoms with E-state index in [1.807, 2.05) is 4.68 Å². The second kappa shape index (κ2) is 5.95. The van der Waals surface area contributed by atoms with E-state index in [1.54, 1.807) is 12.1 Å². The first-order chi connectivity index (χ1) is 8.70. The lowest BCUT2D eigenvalue weighted by Gasteiger charge is -2.08. The number of halogens is 2. The molecule has 0 aliphatic heterocycles. The van der Waals surface area contributed by atoms with Crippen LogP contribution in [-0.2, 0) is 13.1 Å². The Kier molecular flexibility index (Phi) is 4.30. The second-order valence-electron chi connectivity index (χ2n) is 3.88. The molecule has 6 heteroatoms. The number of aryl methyl sites for hydroxylation is 1. The molecule has 0 saturated carbocycles. The van der Waals surface area contributed by atoms with E-state index in [2.05, 4.69) is 38.3 Å². The average Bonchev–Trinajstić information content (AvgIpc) is 2.76. The summed E-state index contributed by atoms with van der Waals surface area (Å²) in [5, 5.41) is 7.14. The van der Waals surface area contributed by atoms with Crippen LogP contribution in [0.3, 0.4) is 0 Å². The SMILES string of the molecule is CCCn1ncnc1CNc1ccc(Br)cc1F. The molecule has 2 aromatic rings. The van der Waals surface area contributed by atoms with Gasteiger partial charge in [-0.2, -0.15) is 5.10 Å². The zero-order chi connectivity index (χ0) is 13.0. The zero-order valence-electron chi connectivity index (χ0n) is 10.0. The van der Waals surface area contributed by atoms with Crippen molar-refractivity contribution in [1.82, 2.24) is 14.8 Å². The fourth-order valence-electron chi connectivity index (χ4n) is 1.63. The van der Waals surface area contributed by atoms with Gasteiger partial charge in [0.1, 0.15) is 18.0 Å². The van der Waals surface area contributed by atoms with Crippen LogP contribution in [-0.4, -0.2) is 14.8 Å². The smallest absolute Gasteiger partial charge is 0.147 e. The van der Waals surface area contributed by atoms with Gasteiger partial charge in [0.15, 0.2) is 0 Å². The van der Waals surface area contributed by atoms with Crippen molar-refractivity contribution in [3.63, 3.8) is 0 Å². The Morgan fingerprint density at radius 1 is 1.44 bits per heavy atom. The van der Waals surface area contributed by atoms with Crippen LogP contribution in [0.1, 0.15) is 19.2 Å². The molecule has 4 nitrogen and oxygen atoms in total. The van der Waals surface area contributed by atoms with E-state index < -0.39 is 0 Å². The third-order valence-electron chi connectivity index (χ3n) is 2.50. The van der Waals surface area contributed by atoms with Crippen molar-refractivity contribution in [3.05, 3.63) is 40.6 Å². The highest BCUT2D eigenvalue weighted by Gasteiger charge is 2.06.